The third-order valence-corrected chi connectivity index (χ3v) is 12.5. The topological polar surface area (TPSA) is 97.7 Å². The standard InChI is InChI=1S/C26H38BN3O3.C20H26BrN3O.CH4.FH/c1-24(2,3)23(31)22-13-12-21(18-28-22)30-16-14-29(15-17-30)20-10-8-19(9-11-20)27-32-25(4,5)26(6,7)33-27;1-20(2,3)19(25)18-9-8-17(14-22-18)24-12-10-23(11-13-24)16-6-4-15(21)5-7-16;;/h8-13,18,23,31H,14-17H2,1-7H3;4-9,14,19,25H,10-13H2,1-3H3;1H4;1H. The van der Waals surface area contributed by atoms with Crippen LogP contribution in [0.15, 0.2) is 89.7 Å². The molecule has 0 bridgehead atoms. The lowest BCUT2D eigenvalue weighted by atomic mass is 9.79. The van der Waals surface area contributed by atoms with Crippen LogP contribution in [0.4, 0.5) is 27.5 Å². The van der Waals surface area contributed by atoms with E-state index in [4.69, 9.17) is 9.31 Å². The number of aliphatic hydroxyl groups excluding tert-OH is 2. The molecule has 3 saturated heterocycles. The number of nitrogens with zero attached hydrogens (tertiary/aromatic N) is 6. The molecule has 2 atom stereocenters. The molecule has 4 aromatic rings. The zero-order valence-corrected chi connectivity index (χ0v) is 38.2. The van der Waals surface area contributed by atoms with Gasteiger partial charge in [0.2, 0.25) is 0 Å². The third kappa shape index (κ3) is 11.6. The second kappa shape index (κ2) is 19.5. The summed E-state index contributed by atoms with van der Waals surface area (Å²) in [4.78, 5) is 18.6. The summed E-state index contributed by atoms with van der Waals surface area (Å²) in [6.07, 6.45) is 2.66. The molecule has 3 aliphatic heterocycles. The molecule has 328 valence electrons. The molecule has 3 aliphatic rings. The van der Waals surface area contributed by atoms with Crippen LogP contribution in [0.1, 0.15) is 100 Å². The lowest BCUT2D eigenvalue weighted by Crippen LogP contribution is -2.46. The predicted molar refractivity (Wildman–Crippen MR) is 252 cm³/mol. The van der Waals surface area contributed by atoms with Crippen LogP contribution in [0.5, 0.6) is 0 Å². The normalized spacial score (nSPS) is 18.8. The van der Waals surface area contributed by atoms with E-state index in [0.717, 1.165) is 85.1 Å². The number of pyridine rings is 2. The number of hydrogen-bond donors (Lipinski definition) is 2. The van der Waals surface area contributed by atoms with Gasteiger partial charge in [0, 0.05) is 68.2 Å². The van der Waals surface area contributed by atoms with Crippen molar-refractivity contribution < 1.29 is 24.2 Å². The smallest absolute Gasteiger partial charge is 0.399 e. The zero-order chi connectivity index (χ0) is 42.0. The Morgan fingerprint density at radius 3 is 1.15 bits per heavy atom. The van der Waals surface area contributed by atoms with E-state index < -0.39 is 12.2 Å². The fourth-order valence-electron chi connectivity index (χ4n) is 7.30. The molecule has 3 fully saturated rings. The maximum atomic E-state index is 10.5. The van der Waals surface area contributed by atoms with Crippen molar-refractivity contribution in [3.05, 3.63) is 101 Å². The van der Waals surface area contributed by atoms with E-state index in [1.165, 1.54) is 11.4 Å². The van der Waals surface area contributed by atoms with Crippen LogP contribution in [-0.4, -0.2) is 90.9 Å². The molecule has 0 radical (unpaired) electrons. The highest BCUT2D eigenvalue weighted by Crippen LogP contribution is 2.37. The molecular formula is C47H69BBrFN6O4. The minimum Gasteiger partial charge on any atom is -0.399 e. The van der Waals surface area contributed by atoms with Gasteiger partial charge in [0.1, 0.15) is 12.2 Å². The Bertz CT molecular complexity index is 1910. The van der Waals surface area contributed by atoms with Crippen molar-refractivity contribution in [1.82, 2.24) is 9.97 Å². The van der Waals surface area contributed by atoms with Gasteiger partial charge in [0.15, 0.2) is 0 Å². The largest absolute Gasteiger partial charge is 0.494 e. The van der Waals surface area contributed by atoms with E-state index in [1.54, 1.807) is 0 Å². The summed E-state index contributed by atoms with van der Waals surface area (Å²) in [6, 6.07) is 25.1. The molecule has 7 rings (SSSR count). The molecule has 10 nitrogen and oxygen atoms in total. The number of anilines is 4. The van der Waals surface area contributed by atoms with E-state index in [0.29, 0.717) is 0 Å². The summed E-state index contributed by atoms with van der Waals surface area (Å²) in [5.41, 5.74) is 6.16. The van der Waals surface area contributed by atoms with Crippen molar-refractivity contribution in [3.63, 3.8) is 0 Å². The highest BCUT2D eigenvalue weighted by atomic mass is 79.9. The maximum absolute atomic E-state index is 10.5. The molecule has 2 aromatic carbocycles. The fraction of sp³-hybridized carbons (Fsp3) is 0.532. The number of piperazine rings is 2. The lowest BCUT2D eigenvalue weighted by Gasteiger charge is -2.37. The molecule has 0 aliphatic carbocycles. The number of aliphatic hydroxyl groups is 2. The Balaban J connectivity index is 0.000000265. The second-order valence-corrected chi connectivity index (χ2v) is 19.9. The molecule has 0 spiro atoms. The van der Waals surface area contributed by atoms with Crippen molar-refractivity contribution in [3.8, 4) is 0 Å². The summed E-state index contributed by atoms with van der Waals surface area (Å²) in [7, 11) is -0.326. The fourth-order valence-corrected chi connectivity index (χ4v) is 7.56. The predicted octanol–water partition coefficient (Wildman–Crippen LogP) is 8.83. The first-order chi connectivity index (χ1) is 27.2. The van der Waals surface area contributed by atoms with Gasteiger partial charge in [-0.1, -0.05) is 77.0 Å². The van der Waals surface area contributed by atoms with Crippen molar-refractivity contribution in [2.75, 3.05) is 72.0 Å². The first-order valence-electron chi connectivity index (χ1n) is 20.7. The molecule has 0 saturated carbocycles. The van der Waals surface area contributed by atoms with Gasteiger partial charge in [0.25, 0.3) is 0 Å². The van der Waals surface area contributed by atoms with Gasteiger partial charge in [0.05, 0.1) is 46.4 Å². The van der Waals surface area contributed by atoms with Gasteiger partial charge < -0.3 is 39.1 Å². The van der Waals surface area contributed by atoms with Crippen LogP contribution in [-0.2, 0) is 9.31 Å². The van der Waals surface area contributed by atoms with Gasteiger partial charge in [-0.25, -0.2) is 0 Å². The Kier molecular flexibility index (Phi) is 15.9. The summed E-state index contributed by atoms with van der Waals surface area (Å²) in [6.45, 7) is 28.1. The van der Waals surface area contributed by atoms with Gasteiger partial charge in [-0.2, -0.15) is 0 Å². The molecule has 2 unspecified atom stereocenters. The minimum absolute atomic E-state index is 0. The van der Waals surface area contributed by atoms with Crippen LogP contribution >= 0.6 is 15.9 Å². The van der Waals surface area contributed by atoms with Crippen molar-refractivity contribution in [2.24, 2.45) is 10.8 Å². The van der Waals surface area contributed by atoms with E-state index in [2.05, 4.69) is 134 Å². The van der Waals surface area contributed by atoms with Gasteiger partial charge in [-0.3, -0.25) is 14.7 Å². The monoisotopic (exact) mass is 890 g/mol. The van der Waals surface area contributed by atoms with E-state index >= 15 is 0 Å². The van der Waals surface area contributed by atoms with Crippen LogP contribution < -0.4 is 25.1 Å². The highest BCUT2D eigenvalue weighted by molar-refractivity contribution is 9.10. The molecule has 60 heavy (non-hydrogen) atoms. The van der Waals surface area contributed by atoms with Gasteiger partial charge >= 0.3 is 7.12 Å². The average Bonchev–Trinajstić information content (AvgIpc) is 3.43. The number of halogens is 2. The van der Waals surface area contributed by atoms with Gasteiger partial charge in [-0.05, 0) is 105 Å². The van der Waals surface area contributed by atoms with Crippen molar-refractivity contribution in [2.45, 2.75) is 100 Å². The summed E-state index contributed by atoms with van der Waals surface area (Å²) in [5, 5.41) is 20.8. The third-order valence-electron chi connectivity index (χ3n) is 12.0. The molecule has 13 heteroatoms. The van der Waals surface area contributed by atoms with Crippen molar-refractivity contribution in [1.29, 1.82) is 0 Å². The molecular weight excluding hydrogens is 822 g/mol. The summed E-state index contributed by atoms with van der Waals surface area (Å²) in [5.74, 6) is 0. The first-order valence-corrected chi connectivity index (χ1v) is 21.5. The van der Waals surface area contributed by atoms with Gasteiger partial charge in [-0.15, -0.1) is 0 Å². The number of aromatic nitrogens is 2. The quantitative estimate of drug-likeness (QED) is 0.175. The van der Waals surface area contributed by atoms with E-state index in [9.17, 15) is 10.2 Å². The van der Waals surface area contributed by atoms with Crippen LogP contribution in [0, 0.1) is 10.8 Å². The first kappa shape index (κ1) is 48.9. The Labute approximate surface area is 368 Å². The van der Waals surface area contributed by atoms with E-state index in [1.807, 2.05) is 66.1 Å². The second-order valence-electron chi connectivity index (χ2n) is 19.0. The Morgan fingerprint density at radius 2 is 0.850 bits per heavy atom. The summed E-state index contributed by atoms with van der Waals surface area (Å²) >= 11 is 3.49. The highest BCUT2D eigenvalue weighted by Gasteiger charge is 2.51. The maximum Gasteiger partial charge on any atom is 0.494 e. The molecule has 2 N–H and O–H groups in total. The zero-order valence-electron chi connectivity index (χ0n) is 36.7. The minimum atomic E-state index is -0.566. The summed E-state index contributed by atoms with van der Waals surface area (Å²) < 4.78 is 13.5. The average molecular weight is 892 g/mol. The van der Waals surface area contributed by atoms with Crippen LogP contribution in [0.25, 0.3) is 0 Å². The van der Waals surface area contributed by atoms with Crippen LogP contribution in [0.3, 0.4) is 0 Å². The Morgan fingerprint density at radius 1 is 0.550 bits per heavy atom. The number of benzene rings is 2. The Hall–Kier alpha value is -3.75. The van der Waals surface area contributed by atoms with E-state index in [-0.39, 0.29) is 41.3 Å². The SMILES string of the molecule is C.CC(C)(C)C(O)c1ccc(N2CCN(c3ccc(B4OC(C)(C)C(C)(C)O4)cc3)CC2)cn1.CC(C)(C)C(O)c1ccc(N2CCN(c3ccc(Br)cc3)CC2)cn1.F. The molecule has 5 heterocycles. The lowest BCUT2D eigenvalue weighted by molar-refractivity contribution is 0.00578. The molecule has 0 amide bonds. The number of rotatable bonds is 7. The molecule has 2 aromatic heterocycles. The number of hydrogen-bond acceptors (Lipinski definition) is 10. The van der Waals surface area contributed by atoms with Crippen LogP contribution in [0.2, 0.25) is 0 Å². The van der Waals surface area contributed by atoms with Crippen molar-refractivity contribution >= 4 is 51.3 Å².